The van der Waals surface area contributed by atoms with Gasteiger partial charge in [0, 0.05) is 29.7 Å². The summed E-state index contributed by atoms with van der Waals surface area (Å²) in [7, 11) is 0. The number of aryl methyl sites for hydroxylation is 1. The minimum atomic E-state index is -0.354. The molecule has 2 aromatic rings. The molecular formula is C18H23N3O3S. The minimum absolute atomic E-state index is 0.0735. The highest BCUT2D eigenvalue weighted by Gasteiger charge is 2.22. The van der Waals surface area contributed by atoms with Crippen LogP contribution in [0.1, 0.15) is 42.0 Å². The molecule has 1 aromatic carbocycles. The van der Waals surface area contributed by atoms with Crippen molar-refractivity contribution in [3.05, 3.63) is 51.3 Å². The molecule has 2 heterocycles. The second kappa shape index (κ2) is 7.58. The second-order valence-electron chi connectivity index (χ2n) is 6.42. The molecule has 0 spiro atoms. The van der Waals surface area contributed by atoms with E-state index >= 15 is 0 Å². The summed E-state index contributed by atoms with van der Waals surface area (Å²) in [5.41, 5.74) is 3.23. The lowest BCUT2D eigenvalue weighted by molar-refractivity contribution is -0.384. The predicted octanol–water partition coefficient (Wildman–Crippen LogP) is 4.44. The molecule has 134 valence electrons. The first-order valence-electron chi connectivity index (χ1n) is 8.52. The van der Waals surface area contributed by atoms with Gasteiger partial charge in [0.2, 0.25) is 0 Å². The molecule has 0 saturated carbocycles. The van der Waals surface area contributed by atoms with E-state index in [1.165, 1.54) is 6.07 Å². The Bertz CT molecular complexity index is 769. The molecule has 25 heavy (non-hydrogen) atoms. The van der Waals surface area contributed by atoms with Crippen LogP contribution >= 0.6 is 11.8 Å². The molecule has 0 amide bonds. The number of ether oxygens (including phenoxy) is 1. The van der Waals surface area contributed by atoms with Gasteiger partial charge in [-0.3, -0.25) is 10.1 Å². The monoisotopic (exact) mass is 361 g/mol. The van der Waals surface area contributed by atoms with Crippen molar-refractivity contribution in [1.82, 2.24) is 9.55 Å². The first-order chi connectivity index (χ1) is 12.0. The predicted molar refractivity (Wildman–Crippen MR) is 98.0 cm³/mol. The summed E-state index contributed by atoms with van der Waals surface area (Å²) in [4.78, 5) is 15.4. The maximum Gasteiger partial charge on any atom is 0.269 e. The van der Waals surface area contributed by atoms with Crippen molar-refractivity contribution in [1.29, 1.82) is 0 Å². The molecule has 0 radical (unpaired) electrons. The fourth-order valence-corrected chi connectivity index (χ4v) is 4.17. The van der Waals surface area contributed by atoms with Crippen molar-refractivity contribution in [2.24, 2.45) is 0 Å². The van der Waals surface area contributed by atoms with Gasteiger partial charge in [-0.1, -0.05) is 23.9 Å². The van der Waals surface area contributed by atoms with E-state index in [0.717, 1.165) is 48.1 Å². The van der Waals surface area contributed by atoms with Gasteiger partial charge in [-0.25, -0.2) is 4.98 Å². The zero-order valence-electron chi connectivity index (χ0n) is 14.8. The lowest BCUT2D eigenvalue weighted by atomic mass is 10.1. The third-order valence-corrected chi connectivity index (χ3v) is 5.81. The molecule has 0 unspecified atom stereocenters. The molecule has 3 rings (SSSR count). The molecule has 1 aromatic heterocycles. The van der Waals surface area contributed by atoms with Crippen molar-refractivity contribution in [3.63, 3.8) is 0 Å². The van der Waals surface area contributed by atoms with Gasteiger partial charge < -0.3 is 9.30 Å². The summed E-state index contributed by atoms with van der Waals surface area (Å²) in [6, 6.07) is 6.83. The highest BCUT2D eigenvalue weighted by molar-refractivity contribution is 7.99. The summed E-state index contributed by atoms with van der Waals surface area (Å²) in [5, 5.41) is 12.0. The van der Waals surface area contributed by atoms with Gasteiger partial charge >= 0.3 is 0 Å². The third-order valence-electron chi connectivity index (χ3n) is 4.67. The highest BCUT2D eigenvalue weighted by Crippen LogP contribution is 2.36. The van der Waals surface area contributed by atoms with Crippen LogP contribution in [0.4, 0.5) is 5.69 Å². The molecule has 1 saturated heterocycles. The Morgan fingerprint density at radius 2 is 2.28 bits per heavy atom. The number of nitrogens with zero attached hydrogens (tertiary/aromatic N) is 3. The van der Waals surface area contributed by atoms with E-state index in [1.807, 2.05) is 13.0 Å². The highest BCUT2D eigenvalue weighted by atomic mass is 32.2. The minimum Gasteiger partial charge on any atom is -0.376 e. The van der Waals surface area contributed by atoms with E-state index in [9.17, 15) is 10.1 Å². The van der Waals surface area contributed by atoms with Crippen LogP contribution in [0.15, 0.2) is 29.4 Å². The number of nitro groups is 1. The van der Waals surface area contributed by atoms with Crippen LogP contribution in [-0.4, -0.2) is 27.2 Å². The number of nitro benzene ring substituents is 1. The van der Waals surface area contributed by atoms with Crippen molar-refractivity contribution in [2.75, 3.05) is 6.61 Å². The Hall–Kier alpha value is -1.86. The fraction of sp³-hybridized carbons (Fsp3) is 0.500. The molecule has 6 nitrogen and oxygen atoms in total. The van der Waals surface area contributed by atoms with Crippen LogP contribution in [0.2, 0.25) is 0 Å². The van der Waals surface area contributed by atoms with Gasteiger partial charge in [-0.05, 0) is 39.2 Å². The van der Waals surface area contributed by atoms with E-state index in [2.05, 4.69) is 18.4 Å². The third kappa shape index (κ3) is 4.04. The Morgan fingerprint density at radius 1 is 1.48 bits per heavy atom. The number of rotatable bonds is 6. The molecule has 2 atom stereocenters. The normalized spacial score (nSPS) is 18.4. The van der Waals surface area contributed by atoms with Gasteiger partial charge in [-0.15, -0.1) is 0 Å². The second-order valence-corrected chi connectivity index (χ2v) is 7.73. The largest absolute Gasteiger partial charge is 0.376 e. The van der Waals surface area contributed by atoms with Crippen LogP contribution in [0.25, 0.3) is 0 Å². The number of benzene rings is 1. The number of imidazole rings is 1. The Balaban J connectivity index is 1.81. The SMILES string of the molecule is Cc1nc(S[C@@H](C)c2cccc([N+](=O)[O-])c2)n(C[C@H]2CCCO2)c1C. The lowest BCUT2D eigenvalue weighted by Gasteiger charge is -2.17. The van der Waals surface area contributed by atoms with E-state index < -0.39 is 0 Å². The molecule has 1 aliphatic heterocycles. The van der Waals surface area contributed by atoms with Crippen LogP contribution < -0.4 is 0 Å². The quantitative estimate of drug-likeness (QED) is 0.432. The Morgan fingerprint density at radius 3 is 2.96 bits per heavy atom. The zero-order valence-corrected chi connectivity index (χ0v) is 15.6. The molecule has 1 aliphatic rings. The molecular weight excluding hydrogens is 338 g/mol. The first kappa shape index (κ1) is 17.9. The van der Waals surface area contributed by atoms with E-state index in [-0.39, 0.29) is 22.0 Å². The van der Waals surface area contributed by atoms with Gasteiger partial charge in [0.1, 0.15) is 0 Å². The van der Waals surface area contributed by atoms with Gasteiger partial charge in [-0.2, -0.15) is 0 Å². The molecule has 7 heteroatoms. The zero-order chi connectivity index (χ0) is 18.0. The smallest absolute Gasteiger partial charge is 0.269 e. The van der Waals surface area contributed by atoms with Crippen LogP contribution in [-0.2, 0) is 11.3 Å². The van der Waals surface area contributed by atoms with Crippen molar-refractivity contribution in [2.45, 2.75) is 56.7 Å². The average molecular weight is 361 g/mol. The van der Waals surface area contributed by atoms with E-state index in [4.69, 9.17) is 9.72 Å². The molecule has 0 aliphatic carbocycles. The lowest BCUT2D eigenvalue weighted by Crippen LogP contribution is -2.16. The van der Waals surface area contributed by atoms with Crippen LogP contribution in [0.3, 0.4) is 0 Å². The summed E-state index contributed by atoms with van der Waals surface area (Å²) in [5.74, 6) is 0. The Labute approximate surface area is 151 Å². The van der Waals surface area contributed by atoms with Crippen molar-refractivity contribution < 1.29 is 9.66 Å². The number of hydrogen-bond donors (Lipinski definition) is 0. The molecule has 0 bridgehead atoms. The summed E-state index contributed by atoms with van der Waals surface area (Å²) in [6.45, 7) is 7.81. The average Bonchev–Trinajstić information content (AvgIpc) is 3.19. The Kier molecular flexibility index (Phi) is 5.44. The standard InChI is InChI=1S/C18H23N3O3S/c1-12-13(2)20(11-17-8-5-9-24-17)18(19-12)25-14(3)15-6-4-7-16(10-15)21(22)23/h4,6-7,10,14,17H,5,8-9,11H2,1-3H3/t14-,17+/m0/s1. The fourth-order valence-electron chi connectivity index (χ4n) is 3.04. The maximum absolute atomic E-state index is 11.0. The number of aromatic nitrogens is 2. The van der Waals surface area contributed by atoms with Gasteiger partial charge in [0.15, 0.2) is 5.16 Å². The number of non-ortho nitro benzene ring substituents is 1. The van der Waals surface area contributed by atoms with E-state index in [1.54, 1.807) is 23.9 Å². The topological polar surface area (TPSA) is 70.2 Å². The van der Waals surface area contributed by atoms with E-state index in [0.29, 0.717) is 0 Å². The van der Waals surface area contributed by atoms with Gasteiger partial charge in [0.05, 0.1) is 23.3 Å². The maximum atomic E-state index is 11.0. The number of hydrogen-bond acceptors (Lipinski definition) is 5. The summed E-state index contributed by atoms with van der Waals surface area (Å²) in [6.07, 6.45) is 2.45. The first-order valence-corrected chi connectivity index (χ1v) is 9.40. The van der Waals surface area contributed by atoms with Crippen LogP contribution in [0, 0.1) is 24.0 Å². The molecule has 0 N–H and O–H groups in total. The summed E-state index contributed by atoms with van der Waals surface area (Å²) < 4.78 is 8.00. The molecule has 1 fully saturated rings. The van der Waals surface area contributed by atoms with Crippen molar-refractivity contribution >= 4 is 17.4 Å². The van der Waals surface area contributed by atoms with Crippen LogP contribution in [0.5, 0.6) is 0 Å². The van der Waals surface area contributed by atoms with Gasteiger partial charge in [0.25, 0.3) is 5.69 Å². The number of thioether (sulfide) groups is 1. The summed E-state index contributed by atoms with van der Waals surface area (Å²) >= 11 is 1.64. The van der Waals surface area contributed by atoms with Crippen molar-refractivity contribution in [3.8, 4) is 0 Å².